The van der Waals surface area contributed by atoms with Gasteiger partial charge in [0.1, 0.15) is 18.2 Å². The van der Waals surface area contributed by atoms with Crippen molar-refractivity contribution in [1.82, 2.24) is 29.6 Å². The van der Waals surface area contributed by atoms with E-state index in [1.807, 2.05) is 33.7 Å². The number of benzene rings is 1. The molecule has 0 aliphatic carbocycles. The van der Waals surface area contributed by atoms with Gasteiger partial charge in [-0.3, -0.25) is 0 Å². The van der Waals surface area contributed by atoms with E-state index in [-0.39, 0.29) is 23.6 Å². The lowest BCUT2D eigenvalue weighted by Gasteiger charge is -2.32. The van der Waals surface area contributed by atoms with E-state index in [9.17, 15) is 8.87 Å². The molecular formula is C24H21F2N7O. The molecule has 5 heterocycles. The number of rotatable bonds is 4. The van der Waals surface area contributed by atoms with Crippen LogP contribution in [0.15, 0.2) is 59.3 Å². The molecular weight excluding hydrogens is 440 g/mol. The summed E-state index contributed by atoms with van der Waals surface area (Å²) in [5, 5.41) is 13.3. The lowest BCUT2D eigenvalue weighted by molar-refractivity contribution is 0.347. The molecule has 1 aromatic carbocycles. The summed E-state index contributed by atoms with van der Waals surface area (Å²) in [6.07, 6.45) is 1.59. The molecule has 0 fully saturated rings. The highest BCUT2D eigenvalue weighted by molar-refractivity contribution is 5.56. The average Bonchev–Trinajstić information content (AvgIpc) is 3.57. The maximum absolute atomic E-state index is 14.4. The van der Waals surface area contributed by atoms with Gasteiger partial charge in [0, 0.05) is 24.2 Å². The van der Waals surface area contributed by atoms with Crippen molar-refractivity contribution in [2.45, 2.75) is 32.2 Å². The number of pyridine rings is 1. The summed E-state index contributed by atoms with van der Waals surface area (Å²) >= 11 is 0. The van der Waals surface area contributed by atoms with Gasteiger partial charge in [-0.1, -0.05) is 29.5 Å². The molecule has 1 aliphatic rings. The van der Waals surface area contributed by atoms with E-state index in [0.29, 0.717) is 40.4 Å². The highest BCUT2D eigenvalue weighted by atomic mass is 19.2. The lowest BCUT2D eigenvalue weighted by Crippen LogP contribution is -2.37. The van der Waals surface area contributed by atoms with E-state index < -0.39 is 6.04 Å². The van der Waals surface area contributed by atoms with Crippen LogP contribution in [0.25, 0.3) is 17.0 Å². The number of fused-ring (bicyclic) bond motifs is 2. The van der Waals surface area contributed by atoms with Crippen LogP contribution in [-0.2, 0) is 6.42 Å². The number of hydrogen-bond donors (Lipinski definition) is 0. The smallest absolute Gasteiger partial charge is 0.319 e. The molecule has 0 bridgehead atoms. The molecule has 6 rings (SSSR count). The Morgan fingerprint density at radius 2 is 1.91 bits per heavy atom. The summed E-state index contributed by atoms with van der Waals surface area (Å²) in [4.78, 5) is 6.82. The second kappa shape index (κ2) is 7.75. The quantitative estimate of drug-likeness (QED) is 0.385. The predicted octanol–water partition coefficient (Wildman–Crippen LogP) is 4.73. The van der Waals surface area contributed by atoms with E-state index in [0.717, 1.165) is 11.2 Å². The summed E-state index contributed by atoms with van der Waals surface area (Å²) in [5.41, 5.74) is 4.38. The standard InChI is InChI=1S/C24H21F2N7O/c1-14(2)19-5-3-4-17-12-18(30-33(17)19)22-21-20(32(26)13-27-21)10-11-31(22)24-29-28-23(34-24)15-6-8-16(25)9-7-15/h3-9,12-14,22H,10-11H2,1-2H3/t22-/m1/s1. The maximum atomic E-state index is 14.4. The van der Waals surface area contributed by atoms with Gasteiger partial charge in [0.15, 0.2) is 0 Å². The van der Waals surface area contributed by atoms with Gasteiger partial charge < -0.3 is 9.32 Å². The lowest BCUT2D eigenvalue weighted by atomic mass is 10.0. The third-order valence-corrected chi connectivity index (χ3v) is 6.17. The molecule has 0 unspecified atom stereocenters. The zero-order chi connectivity index (χ0) is 23.4. The van der Waals surface area contributed by atoms with Crippen molar-refractivity contribution < 1.29 is 13.3 Å². The molecule has 172 valence electrons. The van der Waals surface area contributed by atoms with Gasteiger partial charge in [0.2, 0.25) is 5.89 Å². The Hall–Kier alpha value is -4.08. The molecule has 8 nitrogen and oxygen atoms in total. The summed E-state index contributed by atoms with van der Waals surface area (Å²) in [6.45, 7) is 4.66. The molecule has 0 saturated heterocycles. The first-order valence-electron chi connectivity index (χ1n) is 11.1. The Balaban J connectivity index is 1.46. The average molecular weight is 461 g/mol. The molecule has 1 atom stereocenters. The van der Waals surface area contributed by atoms with Crippen LogP contribution in [0.3, 0.4) is 0 Å². The molecule has 10 heteroatoms. The molecule has 1 aliphatic heterocycles. The molecule has 4 aromatic heterocycles. The van der Waals surface area contributed by atoms with Crippen molar-refractivity contribution in [2.24, 2.45) is 0 Å². The summed E-state index contributed by atoms with van der Waals surface area (Å²) in [5.74, 6) is 0.197. The Bertz CT molecular complexity index is 1490. The second-order valence-electron chi connectivity index (χ2n) is 8.64. The first kappa shape index (κ1) is 20.5. The van der Waals surface area contributed by atoms with Crippen molar-refractivity contribution in [1.29, 1.82) is 0 Å². The number of imidazole rings is 1. The van der Waals surface area contributed by atoms with Crippen LogP contribution in [0.2, 0.25) is 0 Å². The predicted molar refractivity (Wildman–Crippen MR) is 121 cm³/mol. The van der Waals surface area contributed by atoms with Gasteiger partial charge in [-0.2, -0.15) is 9.89 Å². The largest absolute Gasteiger partial charge is 0.403 e. The van der Waals surface area contributed by atoms with Crippen molar-refractivity contribution >= 4 is 11.5 Å². The monoisotopic (exact) mass is 461 g/mol. The minimum absolute atomic E-state index is 0.268. The number of nitrogens with zero attached hydrogens (tertiary/aromatic N) is 7. The summed E-state index contributed by atoms with van der Waals surface area (Å²) < 4.78 is 35.6. The molecule has 0 radical (unpaired) electrons. The van der Waals surface area contributed by atoms with Gasteiger partial charge in [-0.25, -0.2) is 13.9 Å². The molecule has 0 saturated carbocycles. The molecule has 0 amide bonds. The van der Waals surface area contributed by atoms with Gasteiger partial charge in [-0.15, -0.1) is 5.10 Å². The number of anilines is 1. The van der Waals surface area contributed by atoms with Crippen molar-refractivity contribution in [3.05, 3.63) is 83.5 Å². The third kappa shape index (κ3) is 3.25. The molecule has 0 spiro atoms. The highest BCUT2D eigenvalue weighted by Crippen LogP contribution is 2.38. The van der Waals surface area contributed by atoms with Gasteiger partial charge in [-0.05, 0) is 48.4 Å². The minimum atomic E-state index is -0.512. The third-order valence-electron chi connectivity index (χ3n) is 6.17. The number of hydrogen-bond acceptors (Lipinski definition) is 6. The van der Waals surface area contributed by atoms with Crippen LogP contribution in [0.1, 0.15) is 48.6 Å². The van der Waals surface area contributed by atoms with Crippen LogP contribution < -0.4 is 4.90 Å². The molecule has 5 aromatic rings. The van der Waals surface area contributed by atoms with E-state index in [2.05, 4.69) is 29.0 Å². The van der Waals surface area contributed by atoms with E-state index >= 15 is 0 Å². The van der Waals surface area contributed by atoms with E-state index in [1.165, 1.54) is 18.5 Å². The van der Waals surface area contributed by atoms with Crippen LogP contribution >= 0.6 is 0 Å². The maximum Gasteiger partial charge on any atom is 0.319 e. The summed E-state index contributed by atoms with van der Waals surface area (Å²) in [6, 6.07) is 13.6. The Kier molecular flexibility index (Phi) is 4.68. The SMILES string of the molecule is CC(C)c1cccc2cc([C@@H]3c4ncn(F)c4CCN3c3nnc(-c4ccc(F)cc4)o3)nn12. The van der Waals surface area contributed by atoms with Crippen molar-refractivity contribution in [3.8, 4) is 11.5 Å². The van der Waals surface area contributed by atoms with Crippen LogP contribution in [0.5, 0.6) is 0 Å². The van der Waals surface area contributed by atoms with E-state index in [1.54, 1.807) is 12.1 Å². The number of aromatic nitrogens is 6. The number of halogens is 2. The Morgan fingerprint density at radius 1 is 1.09 bits per heavy atom. The van der Waals surface area contributed by atoms with Crippen molar-refractivity contribution in [2.75, 3.05) is 11.4 Å². The Labute approximate surface area is 193 Å². The first-order valence-corrected chi connectivity index (χ1v) is 11.1. The van der Waals surface area contributed by atoms with Crippen molar-refractivity contribution in [3.63, 3.8) is 0 Å². The zero-order valence-electron chi connectivity index (χ0n) is 18.6. The fraction of sp³-hybridized carbons (Fsp3) is 0.250. The topological polar surface area (TPSA) is 77.3 Å². The summed E-state index contributed by atoms with van der Waals surface area (Å²) in [7, 11) is 0. The van der Waals surface area contributed by atoms with Gasteiger partial charge in [0.05, 0.1) is 22.6 Å². The fourth-order valence-corrected chi connectivity index (χ4v) is 4.51. The molecule has 34 heavy (non-hydrogen) atoms. The second-order valence-corrected chi connectivity index (χ2v) is 8.64. The molecule has 0 N–H and O–H groups in total. The highest BCUT2D eigenvalue weighted by Gasteiger charge is 2.37. The van der Waals surface area contributed by atoms with Crippen LogP contribution in [-0.4, -0.2) is 36.1 Å². The normalized spacial score (nSPS) is 15.9. The Morgan fingerprint density at radius 3 is 2.71 bits per heavy atom. The fourth-order valence-electron chi connectivity index (χ4n) is 4.51. The minimum Gasteiger partial charge on any atom is -0.403 e. The van der Waals surface area contributed by atoms with Crippen LogP contribution in [0, 0.1) is 5.82 Å². The van der Waals surface area contributed by atoms with Gasteiger partial charge >= 0.3 is 6.01 Å². The first-order chi connectivity index (χ1) is 16.5. The van der Waals surface area contributed by atoms with Crippen LogP contribution in [0.4, 0.5) is 14.9 Å². The van der Waals surface area contributed by atoms with Gasteiger partial charge in [0.25, 0.3) is 0 Å². The zero-order valence-corrected chi connectivity index (χ0v) is 18.6. The van der Waals surface area contributed by atoms with E-state index in [4.69, 9.17) is 9.52 Å².